The topological polar surface area (TPSA) is 99.6 Å². The lowest BCUT2D eigenvalue weighted by atomic mass is 9.75. The van der Waals surface area contributed by atoms with Crippen molar-refractivity contribution in [3.05, 3.63) is 48.6 Å². The van der Waals surface area contributed by atoms with Crippen LogP contribution < -0.4 is 9.80 Å². The average molecular weight is 524 g/mol. The van der Waals surface area contributed by atoms with Gasteiger partial charge < -0.3 is 29.3 Å². The Kier molecular flexibility index (Phi) is 6.86. The SMILES string of the molecule is CC[C@@H](CO)N1C(=O)[C@@H]2[C@@H]3C(=O)OCC=C[C@]3(C)O[C@@]23C=CCN(c2ccc(N(CC)CC)cc2)C(=O)C13. The molecule has 0 saturated carbocycles. The van der Waals surface area contributed by atoms with Crippen molar-refractivity contribution in [1.82, 2.24) is 4.90 Å². The zero-order chi connectivity index (χ0) is 27.2. The van der Waals surface area contributed by atoms with Gasteiger partial charge in [-0.1, -0.05) is 25.2 Å². The van der Waals surface area contributed by atoms with Crippen molar-refractivity contribution in [1.29, 1.82) is 0 Å². The first-order chi connectivity index (χ1) is 18.3. The minimum Gasteiger partial charge on any atom is -0.461 e. The van der Waals surface area contributed by atoms with Gasteiger partial charge in [0.05, 0.1) is 24.2 Å². The second-order valence-electron chi connectivity index (χ2n) is 10.6. The Balaban J connectivity index is 1.60. The standard InChI is InChI=1S/C29H37N3O6/c1-5-19(18-33)32-24-26(35)31(21-12-10-20(11-13-21)30(6-2)7-3)16-8-15-29(24)22(25(32)34)23-27(36)37-17-9-14-28(23,4)38-29/h8-15,19,22-24,33H,5-7,16-18H2,1-4H3/t19-,22-,23+,24?,28-,29-/m0/s1. The number of esters is 1. The van der Waals surface area contributed by atoms with Crippen molar-refractivity contribution < 1.29 is 29.0 Å². The van der Waals surface area contributed by atoms with Crippen molar-refractivity contribution in [2.45, 2.75) is 57.4 Å². The van der Waals surface area contributed by atoms with Crippen molar-refractivity contribution >= 4 is 29.2 Å². The van der Waals surface area contributed by atoms with Crippen LogP contribution in [0.25, 0.3) is 0 Å². The Labute approximate surface area is 223 Å². The van der Waals surface area contributed by atoms with E-state index in [9.17, 15) is 19.5 Å². The Bertz CT molecular complexity index is 1160. The summed E-state index contributed by atoms with van der Waals surface area (Å²) in [5.41, 5.74) is -0.704. The lowest BCUT2D eigenvalue weighted by Crippen LogP contribution is -2.58. The fraction of sp³-hybridized carbons (Fsp3) is 0.552. The highest BCUT2D eigenvalue weighted by Gasteiger charge is 2.75. The molecular weight excluding hydrogens is 486 g/mol. The molecule has 4 aliphatic heterocycles. The number of rotatable bonds is 7. The van der Waals surface area contributed by atoms with Gasteiger partial charge in [0.15, 0.2) is 0 Å². The van der Waals surface area contributed by atoms with E-state index < -0.39 is 41.1 Å². The van der Waals surface area contributed by atoms with Gasteiger partial charge in [-0.3, -0.25) is 14.4 Å². The molecule has 0 aromatic heterocycles. The predicted octanol–water partition coefficient (Wildman–Crippen LogP) is 2.29. The first-order valence-corrected chi connectivity index (χ1v) is 13.6. The van der Waals surface area contributed by atoms with Gasteiger partial charge in [0, 0.05) is 31.0 Å². The monoisotopic (exact) mass is 523 g/mol. The molecule has 2 fully saturated rings. The summed E-state index contributed by atoms with van der Waals surface area (Å²) < 4.78 is 12.1. The molecular formula is C29H37N3O6. The smallest absolute Gasteiger partial charge is 0.313 e. The number of anilines is 2. The molecule has 9 nitrogen and oxygen atoms in total. The molecule has 0 radical (unpaired) electrons. The number of ether oxygens (including phenoxy) is 2. The summed E-state index contributed by atoms with van der Waals surface area (Å²) in [5, 5.41) is 10.2. The van der Waals surface area contributed by atoms with Gasteiger partial charge in [-0.25, -0.2) is 0 Å². The molecule has 9 heteroatoms. The van der Waals surface area contributed by atoms with Crippen LogP contribution in [0.4, 0.5) is 11.4 Å². The van der Waals surface area contributed by atoms with Gasteiger partial charge in [0.1, 0.15) is 24.2 Å². The second kappa shape index (κ2) is 9.85. The lowest BCUT2D eigenvalue weighted by molar-refractivity contribution is -0.157. The molecule has 4 heterocycles. The van der Waals surface area contributed by atoms with Crippen LogP contribution in [0.2, 0.25) is 0 Å². The molecule has 2 amide bonds. The maximum atomic E-state index is 14.4. The fourth-order valence-corrected chi connectivity index (χ4v) is 6.77. The number of fused-ring (bicyclic) bond motifs is 2. The molecule has 1 N–H and O–H groups in total. The van der Waals surface area contributed by atoms with Crippen molar-refractivity contribution in [3.63, 3.8) is 0 Å². The molecule has 5 rings (SSSR count). The van der Waals surface area contributed by atoms with Crippen molar-refractivity contribution in [2.75, 3.05) is 42.6 Å². The van der Waals surface area contributed by atoms with E-state index in [1.807, 2.05) is 37.3 Å². The summed E-state index contributed by atoms with van der Waals surface area (Å²) in [6.07, 6.45) is 7.60. The summed E-state index contributed by atoms with van der Waals surface area (Å²) in [6.45, 7) is 9.68. The van der Waals surface area contributed by atoms with Gasteiger partial charge in [0.25, 0.3) is 5.91 Å². The van der Waals surface area contributed by atoms with E-state index in [2.05, 4.69) is 18.7 Å². The summed E-state index contributed by atoms with van der Waals surface area (Å²) in [5.74, 6) is -3.04. The maximum absolute atomic E-state index is 14.4. The number of hydrogen-bond donors (Lipinski definition) is 1. The van der Waals surface area contributed by atoms with Crippen LogP contribution in [-0.2, 0) is 23.9 Å². The molecule has 38 heavy (non-hydrogen) atoms. The van der Waals surface area contributed by atoms with Crippen LogP contribution in [0.5, 0.6) is 0 Å². The second-order valence-corrected chi connectivity index (χ2v) is 10.6. The largest absolute Gasteiger partial charge is 0.461 e. The third-order valence-electron chi connectivity index (χ3n) is 8.62. The number of likely N-dealkylation sites (tertiary alicyclic amines) is 1. The first-order valence-electron chi connectivity index (χ1n) is 13.6. The number of cyclic esters (lactones) is 1. The number of benzene rings is 1. The summed E-state index contributed by atoms with van der Waals surface area (Å²) >= 11 is 0. The molecule has 6 atom stereocenters. The number of nitrogens with zero attached hydrogens (tertiary/aromatic N) is 3. The van der Waals surface area contributed by atoms with E-state index in [1.54, 1.807) is 30.1 Å². The van der Waals surface area contributed by atoms with Crippen LogP contribution >= 0.6 is 0 Å². The van der Waals surface area contributed by atoms with Crippen LogP contribution in [0, 0.1) is 11.8 Å². The van der Waals surface area contributed by atoms with E-state index in [-0.39, 0.29) is 31.6 Å². The number of carbonyl (C=O) groups is 3. The Morgan fingerprint density at radius 2 is 1.74 bits per heavy atom. The quantitative estimate of drug-likeness (QED) is 0.432. The average Bonchev–Trinajstić information content (AvgIpc) is 3.17. The Hall–Kier alpha value is -3.17. The van der Waals surface area contributed by atoms with E-state index in [1.165, 1.54) is 4.90 Å². The van der Waals surface area contributed by atoms with Crippen molar-refractivity contribution in [2.24, 2.45) is 11.8 Å². The van der Waals surface area contributed by atoms with Gasteiger partial charge >= 0.3 is 5.97 Å². The molecule has 0 bridgehead atoms. The fourth-order valence-electron chi connectivity index (χ4n) is 6.77. The first kappa shape index (κ1) is 26.4. The van der Waals surface area contributed by atoms with Gasteiger partial charge in [0.2, 0.25) is 5.91 Å². The number of aliphatic hydroxyl groups excluding tert-OH is 1. The Morgan fingerprint density at radius 1 is 1.03 bits per heavy atom. The molecule has 4 aliphatic rings. The van der Waals surface area contributed by atoms with Crippen LogP contribution in [0.1, 0.15) is 34.1 Å². The van der Waals surface area contributed by atoms with E-state index >= 15 is 0 Å². The minimum absolute atomic E-state index is 0.107. The number of amides is 2. The summed E-state index contributed by atoms with van der Waals surface area (Å²) in [6, 6.07) is 6.19. The number of hydrogen-bond acceptors (Lipinski definition) is 7. The molecule has 1 aromatic carbocycles. The van der Waals surface area contributed by atoms with Gasteiger partial charge in [-0.2, -0.15) is 0 Å². The zero-order valence-corrected chi connectivity index (χ0v) is 22.5. The molecule has 204 valence electrons. The van der Waals surface area contributed by atoms with Gasteiger partial charge in [-0.15, -0.1) is 0 Å². The summed E-state index contributed by atoms with van der Waals surface area (Å²) in [4.78, 5) is 47.1. The van der Waals surface area contributed by atoms with Gasteiger partial charge in [-0.05, 0) is 57.5 Å². The molecule has 1 unspecified atom stereocenters. The van der Waals surface area contributed by atoms with Crippen LogP contribution in [0.15, 0.2) is 48.6 Å². The highest BCUT2D eigenvalue weighted by molar-refractivity contribution is 6.05. The van der Waals surface area contributed by atoms with E-state index in [0.29, 0.717) is 12.1 Å². The normalized spacial score (nSPS) is 32.9. The third kappa shape index (κ3) is 3.78. The molecule has 0 aliphatic carbocycles. The van der Waals surface area contributed by atoms with Crippen molar-refractivity contribution in [3.8, 4) is 0 Å². The highest BCUT2D eigenvalue weighted by atomic mass is 16.6. The number of aliphatic hydroxyl groups is 1. The minimum atomic E-state index is -1.37. The van der Waals surface area contributed by atoms with Crippen LogP contribution in [-0.4, -0.2) is 83.9 Å². The number of carbonyl (C=O) groups excluding carboxylic acids is 3. The summed E-state index contributed by atoms with van der Waals surface area (Å²) in [7, 11) is 0. The molecule has 1 spiro atoms. The third-order valence-corrected chi connectivity index (χ3v) is 8.62. The molecule has 1 aromatic rings. The molecule has 2 saturated heterocycles. The maximum Gasteiger partial charge on any atom is 0.313 e. The lowest BCUT2D eigenvalue weighted by Gasteiger charge is -2.39. The Morgan fingerprint density at radius 3 is 2.37 bits per heavy atom. The predicted molar refractivity (Wildman–Crippen MR) is 143 cm³/mol. The highest BCUT2D eigenvalue weighted by Crippen LogP contribution is 2.57. The van der Waals surface area contributed by atoms with E-state index in [4.69, 9.17) is 9.47 Å². The van der Waals surface area contributed by atoms with Crippen LogP contribution in [0.3, 0.4) is 0 Å². The zero-order valence-electron chi connectivity index (χ0n) is 22.5. The van der Waals surface area contributed by atoms with E-state index in [0.717, 1.165) is 18.8 Å².